The van der Waals surface area contributed by atoms with Crippen molar-refractivity contribution in [3.8, 4) is 0 Å². The second kappa shape index (κ2) is 8.68. The molecule has 0 spiro atoms. The number of carbonyl (C=O) groups excluding carboxylic acids is 1. The molecular formula is C20H28N4O4. The van der Waals surface area contributed by atoms with Gasteiger partial charge >= 0.3 is 5.97 Å². The van der Waals surface area contributed by atoms with Gasteiger partial charge in [0.05, 0.1) is 18.4 Å². The number of nitrogens with zero attached hydrogens (tertiary/aromatic N) is 3. The molecule has 1 saturated carbocycles. The predicted octanol–water partition coefficient (Wildman–Crippen LogP) is 2.57. The van der Waals surface area contributed by atoms with Crippen molar-refractivity contribution in [2.75, 3.05) is 19.0 Å². The molecule has 2 heterocycles. The lowest BCUT2D eigenvalue weighted by Gasteiger charge is -2.28. The summed E-state index contributed by atoms with van der Waals surface area (Å²) in [6.45, 7) is 4.13. The molecule has 0 saturated heterocycles. The van der Waals surface area contributed by atoms with Crippen molar-refractivity contribution in [3.63, 3.8) is 0 Å². The molecule has 0 radical (unpaired) electrons. The Kier molecular flexibility index (Phi) is 6.28. The molecule has 2 aromatic rings. The largest absolute Gasteiger partial charge is 0.462 e. The van der Waals surface area contributed by atoms with Crippen LogP contribution < -0.4 is 10.9 Å². The molecular weight excluding hydrogens is 360 g/mol. The molecule has 2 aromatic heterocycles. The van der Waals surface area contributed by atoms with Gasteiger partial charge in [0.2, 0.25) is 5.95 Å². The average molecular weight is 388 g/mol. The van der Waals surface area contributed by atoms with Crippen LogP contribution in [0.3, 0.4) is 0 Å². The third kappa shape index (κ3) is 4.01. The summed E-state index contributed by atoms with van der Waals surface area (Å²) < 4.78 is 6.90. The molecule has 0 unspecified atom stereocenters. The van der Waals surface area contributed by atoms with Crippen LogP contribution in [0.25, 0.3) is 11.0 Å². The predicted molar refractivity (Wildman–Crippen MR) is 107 cm³/mol. The first kappa shape index (κ1) is 20.3. The summed E-state index contributed by atoms with van der Waals surface area (Å²) in [4.78, 5) is 34.7. The van der Waals surface area contributed by atoms with Gasteiger partial charge in [0.25, 0.3) is 5.56 Å². The number of nitrogens with one attached hydrogen (secondary N) is 1. The Morgan fingerprint density at radius 3 is 2.68 bits per heavy atom. The van der Waals surface area contributed by atoms with Crippen LogP contribution in [0.2, 0.25) is 0 Å². The van der Waals surface area contributed by atoms with E-state index in [2.05, 4.69) is 15.3 Å². The maximum absolute atomic E-state index is 13.3. The molecule has 1 fully saturated rings. The van der Waals surface area contributed by atoms with Gasteiger partial charge in [-0.15, -0.1) is 0 Å². The van der Waals surface area contributed by atoms with Crippen LogP contribution in [0.5, 0.6) is 0 Å². The number of ether oxygens (including phenoxy) is 1. The first-order valence-corrected chi connectivity index (χ1v) is 9.93. The van der Waals surface area contributed by atoms with Crippen LogP contribution in [-0.2, 0) is 4.74 Å². The Bertz CT molecular complexity index is 917. The fraction of sp³-hybridized carbons (Fsp3) is 0.600. The minimum Gasteiger partial charge on any atom is -0.462 e. The lowest BCUT2D eigenvalue weighted by molar-refractivity contribution is 0.0496. The van der Waals surface area contributed by atoms with E-state index >= 15 is 0 Å². The lowest BCUT2D eigenvalue weighted by atomic mass is 9.92. The van der Waals surface area contributed by atoms with Crippen LogP contribution in [0.4, 0.5) is 5.95 Å². The molecule has 152 valence electrons. The molecule has 28 heavy (non-hydrogen) atoms. The topological polar surface area (TPSA) is 106 Å². The average Bonchev–Trinajstić information content (AvgIpc) is 2.68. The fourth-order valence-electron chi connectivity index (χ4n) is 3.65. The number of aromatic nitrogens is 3. The molecule has 1 aliphatic rings. The number of aryl methyl sites for hydroxylation is 1. The molecule has 0 amide bonds. The smallest absolute Gasteiger partial charge is 0.343 e. The van der Waals surface area contributed by atoms with Crippen LogP contribution >= 0.6 is 0 Å². The van der Waals surface area contributed by atoms with E-state index in [0.717, 1.165) is 12.8 Å². The van der Waals surface area contributed by atoms with Gasteiger partial charge in [-0.25, -0.2) is 9.78 Å². The van der Waals surface area contributed by atoms with E-state index in [-0.39, 0.29) is 24.3 Å². The van der Waals surface area contributed by atoms with Gasteiger partial charge in [0, 0.05) is 18.5 Å². The summed E-state index contributed by atoms with van der Waals surface area (Å²) in [6, 6.07) is 1.43. The van der Waals surface area contributed by atoms with E-state index < -0.39 is 11.5 Å². The molecule has 0 bridgehead atoms. The van der Waals surface area contributed by atoms with Crippen molar-refractivity contribution in [2.45, 2.75) is 64.5 Å². The SMILES string of the molecule is CCCCOC(=O)c1cc2c(C)nc(NC)nc2n([C@H]2CC[C@H](O)CC2)c1=O. The minimum atomic E-state index is -0.609. The maximum Gasteiger partial charge on any atom is 0.343 e. The quantitative estimate of drug-likeness (QED) is 0.578. The number of aliphatic hydroxyl groups is 1. The van der Waals surface area contributed by atoms with E-state index in [9.17, 15) is 14.7 Å². The summed E-state index contributed by atoms with van der Waals surface area (Å²) in [6.07, 6.45) is 3.86. The molecule has 2 N–H and O–H groups in total. The van der Waals surface area contributed by atoms with Gasteiger partial charge < -0.3 is 15.2 Å². The lowest BCUT2D eigenvalue weighted by Crippen LogP contribution is -2.34. The zero-order valence-corrected chi connectivity index (χ0v) is 16.7. The molecule has 0 aromatic carbocycles. The van der Waals surface area contributed by atoms with Crippen molar-refractivity contribution in [1.29, 1.82) is 0 Å². The Morgan fingerprint density at radius 1 is 1.32 bits per heavy atom. The van der Waals surface area contributed by atoms with Crippen molar-refractivity contribution >= 4 is 23.0 Å². The second-order valence-corrected chi connectivity index (χ2v) is 7.30. The summed E-state index contributed by atoms with van der Waals surface area (Å²) in [5, 5.41) is 13.4. The maximum atomic E-state index is 13.3. The molecule has 8 nitrogen and oxygen atoms in total. The van der Waals surface area contributed by atoms with Crippen molar-refractivity contribution in [2.24, 2.45) is 0 Å². The monoisotopic (exact) mass is 388 g/mol. The first-order chi connectivity index (χ1) is 13.5. The molecule has 3 rings (SSSR count). The summed E-state index contributed by atoms with van der Waals surface area (Å²) in [5.74, 6) is -0.186. The number of fused-ring (bicyclic) bond motifs is 1. The highest BCUT2D eigenvalue weighted by molar-refractivity contribution is 5.93. The normalized spacial score (nSPS) is 19.6. The van der Waals surface area contributed by atoms with E-state index in [1.54, 1.807) is 17.7 Å². The van der Waals surface area contributed by atoms with E-state index in [4.69, 9.17) is 4.74 Å². The Hall–Kier alpha value is -2.48. The van der Waals surface area contributed by atoms with Gasteiger partial charge in [0.15, 0.2) is 0 Å². The Balaban J connectivity index is 2.15. The summed E-state index contributed by atoms with van der Waals surface area (Å²) in [5.41, 5.74) is 0.809. The van der Waals surface area contributed by atoms with Crippen LogP contribution in [-0.4, -0.2) is 45.4 Å². The fourth-order valence-corrected chi connectivity index (χ4v) is 3.65. The van der Waals surface area contributed by atoms with Crippen LogP contribution in [0.1, 0.15) is 67.5 Å². The molecule has 8 heteroatoms. The van der Waals surface area contributed by atoms with Gasteiger partial charge in [-0.2, -0.15) is 4.98 Å². The number of esters is 1. The number of hydrogen-bond acceptors (Lipinski definition) is 7. The Morgan fingerprint density at radius 2 is 2.04 bits per heavy atom. The third-order valence-corrected chi connectivity index (χ3v) is 5.29. The number of rotatable bonds is 6. The van der Waals surface area contributed by atoms with Crippen molar-refractivity contribution in [1.82, 2.24) is 14.5 Å². The number of unbranched alkanes of at least 4 members (excludes halogenated alkanes) is 1. The van der Waals surface area contributed by atoms with E-state index in [1.165, 1.54) is 0 Å². The zero-order valence-electron chi connectivity index (χ0n) is 16.7. The van der Waals surface area contributed by atoms with E-state index in [0.29, 0.717) is 48.4 Å². The molecule has 1 aliphatic carbocycles. The Labute approximate surface area is 164 Å². The van der Waals surface area contributed by atoms with Crippen LogP contribution in [0, 0.1) is 6.92 Å². The summed E-state index contributed by atoms with van der Waals surface area (Å²) >= 11 is 0. The number of pyridine rings is 1. The first-order valence-electron chi connectivity index (χ1n) is 9.93. The highest BCUT2D eigenvalue weighted by atomic mass is 16.5. The number of hydrogen-bond donors (Lipinski definition) is 2. The number of anilines is 1. The van der Waals surface area contributed by atoms with Gasteiger partial charge in [0.1, 0.15) is 11.2 Å². The number of carbonyl (C=O) groups is 1. The van der Waals surface area contributed by atoms with E-state index in [1.807, 2.05) is 13.8 Å². The van der Waals surface area contributed by atoms with Crippen molar-refractivity contribution < 1.29 is 14.6 Å². The zero-order chi connectivity index (χ0) is 20.3. The molecule has 0 aliphatic heterocycles. The second-order valence-electron chi connectivity index (χ2n) is 7.30. The molecule has 0 atom stereocenters. The highest BCUT2D eigenvalue weighted by Crippen LogP contribution is 2.30. The third-order valence-electron chi connectivity index (χ3n) is 5.29. The standard InChI is InChI=1S/C20H28N4O4/c1-4-5-10-28-19(27)16-11-15-12(2)22-20(21-3)23-17(15)24(18(16)26)13-6-8-14(25)9-7-13/h11,13-14,25H,4-10H2,1-3H3,(H,21,22,23)/t13-,14-. The van der Waals surface area contributed by atoms with Crippen molar-refractivity contribution in [3.05, 3.63) is 27.7 Å². The number of aliphatic hydroxyl groups excluding tert-OH is 1. The van der Waals surface area contributed by atoms with Gasteiger partial charge in [-0.1, -0.05) is 13.3 Å². The van der Waals surface area contributed by atoms with Crippen LogP contribution in [0.15, 0.2) is 10.9 Å². The highest BCUT2D eigenvalue weighted by Gasteiger charge is 2.27. The minimum absolute atomic E-state index is 0.0126. The summed E-state index contributed by atoms with van der Waals surface area (Å²) in [7, 11) is 1.72. The van der Waals surface area contributed by atoms with Gasteiger partial charge in [-0.05, 0) is 45.1 Å². The van der Waals surface area contributed by atoms with Gasteiger partial charge in [-0.3, -0.25) is 9.36 Å².